The van der Waals surface area contributed by atoms with Crippen molar-refractivity contribution in [3.63, 3.8) is 0 Å². The molecule has 0 aliphatic rings. The number of nitro groups is 1. The normalized spacial score (nSPS) is 7.92. The van der Waals surface area contributed by atoms with Crippen molar-refractivity contribution in [2.24, 2.45) is 0 Å². The minimum Gasteiger partial charge on any atom is -0.258 e. The van der Waals surface area contributed by atoms with E-state index in [1.165, 1.54) is 12.1 Å². The van der Waals surface area contributed by atoms with Gasteiger partial charge in [-0.3, -0.25) is 10.1 Å². The first-order valence-corrected chi connectivity index (χ1v) is 3.11. The summed E-state index contributed by atoms with van der Waals surface area (Å²) in [5, 5.41) is 22.1. The van der Waals surface area contributed by atoms with Gasteiger partial charge < -0.3 is 0 Å². The average Bonchev–Trinajstić information content (AvgIpc) is 2.09. The number of hydrogen-bond acceptors (Lipinski definition) is 4. The quantitative estimate of drug-likeness (QED) is 0.361. The summed E-state index contributed by atoms with van der Waals surface area (Å²) in [5.41, 5.74) is 1.18. The van der Waals surface area contributed by atoms with Crippen LogP contribution in [0.25, 0.3) is 0 Å². The average molecular weight is 165 g/mol. The monoisotopic (exact) mass is 165 g/mol. The minimum absolute atomic E-state index is 0.144. The van der Waals surface area contributed by atoms with E-state index < -0.39 is 4.92 Å². The van der Waals surface area contributed by atoms with Gasteiger partial charge in [0.25, 0.3) is 5.69 Å². The SMILES string of the molecule is Cc1ccc([N+](=O)[O-])cc1.N#N. The van der Waals surface area contributed by atoms with Gasteiger partial charge in [0.15, 0.2) is 0 Å². The maximum Gasteiger partial charge on any atom is 0.269 e. The second-order valence-electron chi connectivity index (χ2n) is 2.09. The molecule has 0 saturated carbocycles. The number of non-ortho nitro benzene ring substituents is 1. The van der Waals surface area contributed by atoms with Gasteiger partial charge in [-0.05, 0) is 6.92 Å². The standard InChI is InChI=1S/C7H7NO2.N2/c1-6-2-4-7(5-3-6)8(9)10;1-2/h2-5H,1H3;. The van der Waals surface area contributed by atoms with Crippen molar-refractivity contribution < 1.29 is 4.92 Å². The van der Waals surface area contributed by atoms with E-state index in [0.29, 0.717) is 0 Å². The third-order valence-electron chi connectivity index (χ3n) is 1.24. The fraction of sp³-hybridized carbons (Fsp3) is 0.143. The lowest BCUT2D eigenvalue weighted by atomic mass is 10.2. The van der Waals surface area contributed by atoms with E-state index >= 15 is 0 Å². The lowest BCUT2D eigenvalue weighted by Gasteiger charge is -1.90. The van der Waals surface area contributed by atoms with Crippen LogP contribution >= 0.6 is 0 Å². The van der Waals surface area contributed by atoms with Crippen molar-refractivity contribution in [1.29, 1.82) is 10.8 Å². The Hall–Kier alpha value is -1.96. The van der Waals surface area contributed by atoms with Crippen LogP contribution in [0.1, 0.15) is 5.56 Å². The third kappa shape index (κ3) is 2.75. The van der Waals surface area contributed by atoms with E-state index in [0.717, 1.165) is 5.56 Å². The lowest BCUT2D eigenvalue weighted by molar-refractivity contribution is -0.384. The molecule has 1 aromatic rings. The molecule has 12 heavy (non-hydrogen) atoms. The van der Waals surface area contributed by atoms with Gasteiger partial charge >= 0.3 is 0 Å². The fourth-order valence-electron chi connectivity index (χ4n) is 0.666. The molecule has 0 amide bonds. The highest BCUT2D eigenvalue weighted by Crippen LogP contribution is 2.10. The summed E-state index contributed by atoms with van der Waals surface area (Å²) in [7, 11) is 0. The highest BCUT2D eigenvalue weighted by molar-refractivity contribution is 5.31. The molecule has 0 fully saturated rings. The molecule has 5 heteroatoms. The van der Waals surface area contributed by atoms with Gasteiger partial charge in [0.2, 0.25) is 0 Å². The van der Waals surface area contributed by atoms with Gasteiger partial charge in [-0.1, -0.05) is 17.7 Å². The van der Waals surface area contributed by atoms with E-state index in [9.17, 15) is 10.1 Å². The van der Waals surface area contributed by atoms with Crippen LogP contribution in [0.15, 0.2) is 24.3 Å². The van der Waals surface area contributed by atoms with Crippen molar-refractivity contribution in [1.82, 2.24) is 0 Å². The van der Waals surface area contributed by atoms with Gasteiger partial charge in [-0.2, -0.15) is 0 Å². The fourth-order valence-corrected chi connectivity index (χ4v) is 0.666. The summed E-state index contributed by atoms with van der Waals surface area (Å²) in [6, 6.07) is 6.43. The molecule has 0 spiro atoms. The van der Waals surface area contributed by atoms with Crippen molar-refractivity contribution >= 4 is 5.69 Å². The molecule has 5 nitrogen and oxygen atoms in total. The molecule has 0 aliphatic heterocycles. The molecule has 0 radical (unpaired) electrons. The summed E-state index contributed by atoms with van der Waals surface area (Å²) in [6.45, 7) is 1.89. The number of rotatable bonds is 1. The van der Waals surface area contributed by atoms with Gasteiger partial charge in [-0.15, -0.1) is 0 Å². The van der Waals surface area contributed by atoms with Crippen LogP contribution < -0.4 is 0 Å². The molecular formula is C7H7N3O2. The molecule has 0 saturated heterocycles. The van der Waals surface area contributed by atoms with Crippen LogP contribution in [0.3, 0.4) is 0 Å². The molecule has 0 unspecified atom stereocenters. The topological polar surface area (TPSA) is 90.7 Å². The Morgan fingerprint density at radius 3 is 2.00 bits per heavy atom. The third-order valence-corrected chi connectivity index (χ3v) is 1.24. The van der Waals surface area contributed by atoms with Gasteiger partial charge in [-0.25, -0.2) is 0 Å². The van der Waals surface area contributed by atoms with E-state index in [1.807, 2.05) is 6.92 Å². The van der Waals surface area contributed by atoms with Crippen LogP contribution in [-0.4, -0.2) is 4.92 Å². The molecule has 0 heterocycles. The first kappa shape index (κ1) is 10.0. The summed E-state index contributed by atoms with van der Waals surface area (Å²) in [4.78, 5) is 9.71. The second kappa shape index (κ2) is 4.79. The highest BCUT2D eigenvalue weighted by atomic mass is 16.6. The van der Waals surface area contributed by atoms with Crippen molar-refractivity contribution in [2.45, 2.75) is 6.92 Å². The first-order valence-electron chi connectivity index (χ1n) is 3.11. The Bertz CT molecular complexity index is 278. The second-order valence-corrected chi connectivity index (χ2v) is 2.09. The smallest absolute Gasteiger partial charge is 0.258 e. The molecule has 62 valence electrons. The summed E-state index contributed by atoms with van der Waals surface area (Å²) in [6.07, 6.45) is 0. The molecule has 1 rings (SSSR count). The Morgan fingerprint density at radius 1 is 1.25 bits per heavy atom. The number of nitro benzene ring substituents is 1. The molecule has 0 bridgehead atoms. The summed E-state index contributed by atoms with van der Waals surface area (Å²) >= 11 is 0. The van der Waals surface area contributed by atoms with Crippen LogP contribution in [0.5, 0.6) is 0 Å². The van der Waals surface area contributed by atoms with Gasteiger partial charge in [0.1, 0.15) is 0 Å². The zero-order chi connectivity index (χ0) is 9.56. The molecule has 0 aromatic heterocycles. The molecular weight excluding hydrogens is 158 g/mol. The van der Waals surface area contributed by atoms with Crippen molar-refractivity contribution in [3.05, 3.63) is 39.9 Å². The molecule has 0 N–H and O–H groups in total. The minimum atomic E-state index is -0.403. The van der Waals surface area contributed by atoms with E-state index in [2.05, 4.69) is 0 Å². The lowest BCUT2D eigenvalue weighted by Crippen LogP contribution is -1.86. The Balaban J connectivity index is 0.000000561. The zero-order valence-corrected chi connectivity index (χ0v) is 6.47. The van der Waals surface area contributed by atoms with Gasteiger partial charge in [0, 0.05) is 22.9 Å². The van der Waals surface area contributed by atoms with Crippen LogP contribution in [0.4, 0.5) is 5.69 Å². The molecule has 1 aromatic carbocycles. The predicted molar refractivity (Wildman–Crippen MR) is 41.3 cm³/mol. The predicted octanol–water partition coefficient (Wildman–Crippen LogP) is 1.93. The maximum atomic E-state index is 10.1. The van der Waals surface area contributed by atoms with Gasteiger partial charge in [0.05, 0.1) is 4.92 Å². The van der Waals surface area contributed by atoms with Crippen LogP contribution in [0.2, 0.25) is 0 Å². The Labute approximate surface area is 69.2 Å². The summed E-state index contributed by atoms with van der Waals surface area (Å²) < 4.78 is 0. The Kier molecular flexibility index (Phi) is 4.01. The highest BCUT2D eigenvalue weighted by Gasteiger charge is 2.00. The van der Waals surface area contributed by atoms with E-state index in [1.54, 1.807) is 12.1 Å². The summed E-state index contributed by atoms with van der Waals surface area (Å²) in [5.74, 6) is 0. The first-order chi connectivity index (χ1) is 5.70. The number of benzene rings is 1. The molecule has 0 aliphatic carbocycles. The number of nitrogens with zero attached hydrogens (tertiary/aromatic N) is 3. The zero-order valence-electron chi connectivity index (χ0n) is 6.47. The van der Waals surface area contributed by atoms with Crippen molar-refractivity contribution in [3.8, 4) is 0 Å². The van der Waals surface area contributed by atoms with Crippen LogP contribution in [-0.2, 0) is 0 Å². The Morgan fingerprint density at radius 2 is 1.67 bits per heavy atom. The van der Waals surface area contributed by atoms with Crippen molar-refractivity contribution in [2.75, 3.05) is 0 Å². The van der Waals surface area contributed by atoms with E-state index in [4.69, 9.17) is 10.8 Å². The van der Waals surface area contributed by atoms with E-state index in [-0.39, 0.29) is 5.69 Å². The van der Waals surface area contributed by atoms with Crippen LogP contribution in [0, 0.1) is 27.8 Å². The largest absolute Gasteiger partial charge is 0.269 e. The maximum absolute atomic E-state index is 10.1. The number of hydrogen-bond donors (Lipinski definition) is 0. The number of aryl methyl sites for hydroxylation is 1. The molecule has 0 atom stereocenters.